The Morgan fingerprint density at radius 1 is 0.566 bits per heavy atom. The minimum atomic E-state index is -3.03. The van der Waals surface area contributed by atoms with Gasteiger partial charge in [0.2, 0.25) is 0 Å². The summed E-state index contributed by atoms with van der Waals surface area (Å²) >= 11 is -1.72. The summed E-state index contributed by atoms with van der Waals surface area (Å²) in [5.41, 5.74) is 2.32. The van der Waals surface area contributed by atoms with Gasteiger partial charge in [-0.25, -0.2) is 9.59 Å². The Labute approximate surface area is 669 Å². The SMILES string of the molecule is O=C(O)c1cccc(Br)c1.O=C(ON1C(=O)CCC1=O)c1cccc([123I])c1.O=C([O-])CNC(=O)[C@H](CSCC(=O)Nc1ccc([As](O)O)cc1)NC(=O)CC[C@H](NC(=O)c1cccc([123I])c1)C(=O)[O-].[CH3][Sn]([CH3])([CH3])[O]C(=O)c1ccc[c]([Sn]([CH3])([CH3])[CH3])c1.[CH3][Sn]([CH3])([CH3])[c]1cccc(C(=O)ON2C(=O)CCC2=O)c1. The molecule has 2 saturated heterocycles. The molecule has 2 fully saturated rings. The number of imide groups is 2. The summed E-state index contributed by atoms with van der Waals surface area (Å²) in [6, 6.07) is 38.1. The van der Waals surface area contributed by atoms with E-state index >= 15 is 0 Å². The normalized spacial score (nSPS) is 13.0. The monoisotopic (exact) mass is 2150 g/mol. The molecule has 28 nitrogen and oxygen atoms in total. The van der Waals surface area contributed by atoms with Gasteiger partial charge in [0.15, 0.2) is 0 Å². The third-order valence-corrected chi connectivity index (χ3v) is 32.5. The number of hydroxylamine groups is 4. The van der Waals surface area contributed by atoms with E-state index in [0.717, 1.165) is 28.9 Å². The van der Waals surface area contributed by atoms with E-state index in [1.807, 2.05) is 65.1 Å². The Hall–Kier alpha value is -6.54. The van der Waals surface area contributed by atoms with E-state index in [9.17, 15) is 85.5 Å². The Kier molecular flexibility index (Phi) is 38.3. The first-order valence-corrected chi connectivity index (χ1v) is 68.5. The zero-order valence-electron chi connectivity index (χ0n) is 58.9. The number of anilines is 1. The van der Waals surface area contributed by atoms with Crippen LogP contribution in [0.15, 0.2) is 150 Å². The average molecular weight is 2140 g/mol. The summed E-state index contributed by atoms with van der Waals surface area (Å²) in [5, 5.41) is 41.3. The molecule has 2 aliphatic heterocycles. The van der Waals surface area contributed by atoms with Gasteiger partial charge in [0.05, 0.1) is 35.7 Å². The number of halogens is 3. The maximum atomic E-state index is 12.6. The van der Waals surface area contributed by atoms with Crippen LogP contribution in [-0.2, 0) is 55.9 Å². The molecule has 6 aromatic carbocycles. The van der Waals surface area contributed by atoms with E-state index in [2.05, 4.69) is 110 Å². The number of aliphatic carboxylic acids is 2. The summed E-state index contributed by atoms with van der Waals surface area (Å²) in [6.07, 6.45) is -0.393. The molecule has 8 amide bonds. The minimum absolute atomic E-state index is 0.0957. The average Bonchev–Trinajstić information content (AvgIpc) is 1.50. The van der Waals surface area contributed by atoms with E-state index in [0.29, 0.717) is 36.9 Å². The van der Waals surface area contributed by atoms with Gasteiger partial charge in [-0.15, -0.1) is 5.06 Å². The third-order valence-electron chi connectivity index (χ3n) is 14.1. The summed E-state index contributed by atoms with van der Waals surface area (Å²) in [4.78, 5) is 193. The number of carbonyl (C=O) groups excluding carboxylic acids is 13. The number of benzene rings is 6. The first-order chi connectivity index (χ1) is 49.5. The summed E-state index contributed by atoms with van der Waals surface area (Å²) < 4.78 is 29.5. The van der Waals surface area contributed by atoms with Crippen molar-refractivity contribution in [2.75, 3.05) is 23.4 Å². The van der Waals surface area contributed by atoms with Crippen molar-refractivity contribution in [3.63, 3.8) is 0 Å². The van der Waals surface area contributed by atoms with Crippen LogP contribution < -0.4 is 43.0 Å². The van der Waals surface area contributed by atoms with Crippen LogP contribution in [0.4, 0.5) is 5.69 Å². The van der Waals surface area contributed by atoms with Gasteiger partial charge in [-0.1, -0.05) is 34.1 Å². The fourth-order valence-electron chi connectivity index (χ4n) is 8.66. The molecular formula is C70H78AsBrI2N6O22SSn3-2. The van der Waals surface area contributed by atoms with Crippen molar-refractivity contribution in [2.45, 2.75) is 95.1 Å². The molecule has 2 aliphatic rings. The molecular weight excluding hydrogens is 2070 g/mol. The molecule has 0 unspecified atom stereocenters. The van der Waals surface area contributed by atoms with E-state index < -0.39 is 173 Å². The van der Waals surface area contributed by atoms with Crippen LogP contribution in [0, 0.1) is 7.14 Å². The molecule has 106 heavy (non-hydrogen) atoms. The number of nitrogens with one attached hydrogen (secondary N) is 4. The van der Waals surface area contributed by atoms with Crippen LogP contribution in [0.1, 0.15) is 90.3 Å². The number of rotatable bonds is 25. The van der Waals surface area contributed by atoms with Gasteiger partial charge >= 0.3 is 378 Å². The van der Waals surface area contributed by atoms with E-state index in [1.54, 1.807) is 66.7 Å². The van der Waals surface area contributed by atoms with Crippen molar-refractivity contribution < 1.29 is 103 Å². The predicted molar refractivity (Wildman–Crippen MR) is 418 cm³/mol. The predicted octanol–water partition coefficient (Wildman–Crippen LogP) is 4.66. The number of amides is 8. The van der Waals surface area contributed by atoms with Crippen LogP contribution in [0.25, 0.3) is 0 Å². The fourth-order valence-corrected chi connectivity index (χ4v) is 20.5. The molecule has 0 aromatic heterocycles. The number of nitrogens with zero attached hydrogens (tertiary/aromatic N) is 2. The van der Waals surface area contributed by atoms with E-state index in [4.69, 9.17) is 17.9 Å². The summed E-state index contributed by atoms with van der Waals surface area (Å²) in [7, 11) is 0. The number of carboxylic acids is 3. The summed E-state index contributed by atoms with van der Waals surface area (Å²) in [5.74, 6) is -10.5. The van der Waals surface area contributed by atoms with Crippen molar-refractivity contribution in [3.8, 4) is 0 Å². The van der Waals surface area contributed by atoms with Gasteiger partial charge in [0, 0.05) is 36.4 Å². The third kappa shape index (κ3) is 33.5. The molecule has 0 spiro atoms. The van der Waals surface area contributed by atoms with E-state index in [-0.39, 0.29) is 55.1 Å². The van der Waals surface area contributed by atoms with Crippen LogP contribution >= 0.6 is 72.9 Å². The number of aromatic carboxylic acids is 1. The molecule has 2 atom stereocenters. The van der Waals surface area contributed by atoms with Gasteiger partial charge in [-0.2, -0.15) is 0 Å². The maximum absolute atomic E-state index is 12.6. The zero-order chi connectivity index (χ0) is 79.4. The number of thioether (sulfide) groups is 1. The first-order valence-electron chi connectivity index (χ1n) is 32.1. The van der Waals surface area contributed by atoms with E-state index in [1.165, 1.54) is 37.5 Å². The van der Waals surface area contributed by atoms with Crippen LogP contribution in [0.5, 0.6) is 0 Å². The molecule has 2 heterocycles. The van der Waals surface area contributed by atoms with Crippen molar-refractivity contribution >= 4 is 244 Å². The Morgan fingerprint density at radius 3 is 1.43 bits per heavy atom. The molecule has 0 radical (unpaired) electrons. The number of carboxylic acid groups (broad SMARTS) is 3. The second-order valence-corrected chi connectivity index (χ2v) is 74.3. The van der Waals surface area contributed by atoms with Gasteiger partial charge in [0.1, 0.15) is 0 Å². The van der Waals surface area contributed by atoms with Crippen LogP contribution in [0.2, 0.25) is 44.5 Å². The Bertz CT molecular complexity index is 4190. The Morgan fingerprint density at radius 2 is 1.01 bits per heavy atom. The first kappa shape index (κ1) is 91.9. The molecule has 0 bridgehead atoms. The summed E-state index contributed by atoms with van der Waals surface area (Å²) in [6.45, 7) is -0.824. The van der Waals surface area contributed by atoms with Crippen molar-refractivity contribution in [3.05, 3.63) is 185 Å². The van der Waals surface area contributed by atoms with Gasteiger partial charge in [0.25, 0.3) is 17.7 Å². The molecule has 36 heteroatoms. The second-order valence-electron chi connectivity index (χ2n) is 25.9. The van der Waals surface area contributed by atoms with Crippen molar-refractivity contribution in [1.29, 1.82) is 0 Å². The van der Waals surface area contributed by atoms with Gasteiger partial charge in [-0.05, 0) is 106 Å². The number of carbonyl (C=O) groups is 14. The fraction of sp³-hybridized carbons (Fsp3) is 0.286. The van der Waals surface area contributed by atoms with Gasteiger partial charge in [-0.3, -0.25) is 19.2 Å². The molecule has 0 aliphatic carbocycles. The number of hydrogen-bond acceptors (Lipinski definition) is 22. The molecule has 7 N–H and O–H groups in total. The number of hydrogen-bond donors (Lipinski definition) is 7. The topological polar surface area (TPSA) is 428 Å². The standard InChI is InChI=1S/C25H28AsIN4O10S.C11H8INO4.C11H8NO4.C7H5BrO2.C7H5O2.9CH3.3Sn/c27-16-3-1-2-14(10-16)23(36)31-18(25(38)39)8-9-20(32)30-19(24(37)28-11-22(34)35)12-42-13-21(33)29-17-6-4-15(5-7-17)26(40)41;12-8-3-1-2-7(6-8)11(16)17-13-9(14)4-5-10(13)15;13-9-6-7-10(14)12(9)16-11(15)8-4-2-1-3-5-8;8-6-3-1-2-5(4-6)7(9)10;8-7(9)6-4-2-1-3-5-6;;;;;;;;;;;;/h1-7,10,18-19,40-41H,8-9,11-13H2,(H,28,37)(H,29,33)(H,30,32)(H,31,36)(H,34,35)(H,38,39);1-3,6H,4-5H2;1-2,4-5H,6-7H2;1-4H,(H,9,10);1-2,4-5H,(H,8,9);9*1H3;;;/q;;;;;;;;;;;;;;;;+1/p-3/t18-,19-;;;;;;;;;;;;;;;;/m0................/s1/i27-4;12-4;;;;;;;;;;;;;;;. The van der Waals surface area contributed by atoms with Gasteiger partial charge < -0.3 is 35.1 Å². The van der Waals surface area contributed by atoms with Crippen LogP contribution in [-0.4, -0.2) is 208 Å². The molecule has 6 aromatic rings. The van der Waals surface area contributed by atoms with Crippen molar-refractivity contribution in [2.24, 2.45) is 0 Å². The Balaban J connectivity index is 0.000000308. The zero-order valence-corrected chi connectivity index (χ0v) is 76.0. The molecule has 566 valence electrons. The van der Waals surface area contributed by atoms with Crippen molar-refractivity contribution in [1.82, 2.24) is 26.1 Å². The quantitative estimate of drug-likeness (QED) is 0.0233. The molecule has 0 saturated carbocycles. The molecule has 8 rings (SSSR count). The van der Waals surface area contributed by atoms with Crippen LogP contribution in [0.3, 0.4) is 0 Å². The second kappa shape index (κ2) is 44.2.